The summed E-state index contributed by atoms with van der Waals surface area (Å²) < 4.78 is 0. The van der Waals surface area contributed by atoms with E-state index in [1.165, 1.54) is 0 Å². The van der Waals surface area contributed by atoms with Gasteiger partial charge in [0.2, 0.25) is 0 Å². The molecule has 2 heterocycles. The van der Waals surface area contributed by atoms with Crippen LogP contribution in [0.25, 0.3) is 0 Å². The summed E-state index contributed by atoms with van der Waals surface area (Å²) in [5.74, 6) is 0.971. The van der Waals surface area contributed by atoms with Crippen molar-refractivity contribution in [1.29, 1.82) is 0 Å². The average molecular weight is 192 g/mol. The van der Waals surface area contributed by atoms with E-state index in [1.54, 1.807) is 12.4 Å². The summed E-state index contributed by atoms with van der Waals surface area (Å²) in [7, 11) is 0. The molecule has 1 saturated heterocycles. The lowest BCUT2D eigenvalue weighted by molar-refractivity contribution is 0.377. The number of nitrogens with one attached hydrogen (secondary N) is 1. The number of rotatable bonds is 1. The van der Waals surface area contributed by atoms with Crippen LogP contribution >= 0.6 is 0 Å². The molecule has 4 heteroatoms. The van der Waals surface area contributed by atoms with Crippen molar-refractivity contribution in [2.45, 2.75) is 19.4 Å². The van der Waals surface area contributed by atoms with Crippen molar-refractivity contribution in [3.05, 3.63) is 18.6 Å². The van der Waals surface area contributed by atoms with Gasteiger partial charge in [-0.05, 0) is 13.8 Å². The first-order valence-corrected chi connectivity index (χ1v) is 4.94. The summed E-state index contributed by atoms with van der Waals surface area (Å²) in [6, 6.07) is 0. The summed E-state index contributed by atoms with van der Waals surface area (Å²) in [6.07, 6.45) is 5.28. The van der Waals surface area contributed by atoms with E-state index in [2.05, 4.69) is 34.0 Å². The van der Waals surface area contributed by atoms with Gasteiger partial charge in [0.1, 0.15) is 5.82 Å². The second-order valence-corrected chi connectivity index (χ2v) is 4.20. The Morgan fingerprint density at radius 2 is 2.29 bits per heavy atom. The first-order valence-electron chi connectivity index (χ1n) is 4.94. The third-order valence-electron chi connectivity index (χ3n) is 2.63. The second kappa shape index (κ2) is 3.53. The molecule has 4 nitrogen and oxygen atoms in total. The summed E-state index contributed by atoms with van der Waals surface area (Å²) in [5, 5.41) is 3.38. The van der Waals surface area contributed by atoms with E-state index in [-0.39, 0.29) is 5.54 Å². The molecule has 14 heavy (non-hydrogen) atoms. The molecule has 0 spiro atoms. The molecule has 1 aliphatic rings. The first-order chi connectivity index (χ1) is 6.70. The monoisotopic (exact) mass is 192 g/mol. The number of anilines is 1. The molecule has 0 atom stereocenters. The van der Waals surface area contributed by atoms with E-state index in [1.807, 2.05) is 6.20 Å². The summed E-state index contributed by atoms with van der Waals surface area (Å²) in [4.78, 5) is 10.7. The van der Waals surface area contributed by atoms with Crippen LogP contribution in [-0.4, -0.2) is 35.1 Å². The van der Waals surface area contributed by atoms with Crippen LogP contribution in [0.4, 0.5) is 5.82 Å². The van der Waals surface area contributed by atoms with Gasteiger partial charge in [0.05, 0.1) is 6.20 Å². The zero-order valence-electron chi connectivity index (χ0n) is 8.70. The van der Waals surface area contributed by atoms with Gasteiger partial charge in [-0.3, -0.25) is 4.98 Å². The summed E-state index contributed by atoms with van der Waals surface area (Å²) in [6.45, 7) is 7.43. The Labute approximate surface area is 84.4 Å². The minimum absolute atomic E-state index is 0.119. The van der Waals surface area contributed by atoms with Crippen LogP contribution < -0.4 is 10.2 Å². The molecule has 0 aromatic carbocycles. The van der Waals surface area contributed by atoms with E-state index >= 15 is 0 Å². The molecule has 1 N–H and O–H groups in total. The van der Waals surface area contributed by atoms with Crippen LogP contribution in [0.15, 0.2) is 18.6 Å². The van der Waals surface area contributed by atoms with Gasteiger partial charge in [0, 0.05) is 37.6 Å². The molecule has 2 rings (SSSR count). The Morgan fingerprint density at radius 3 is 2.93 bits per heavy atom. The van der Waals surface area contributed by atoms with E-state index in [0.29, 0.717) is 0 Å². The van der Waals surface area contributed by atoms with Gasteiger partial charge in [-0.2, -0.15) is 0 Å². The highest BCUT2D eigenvalue weighted by atomic mass is 15.3. The molecule has 0 bridgehead atoms. The van der Waals surface area contributed by atoms with E-state index in [0.717, 1.165) is 25.5 Å². The predicted molar refractivity (Wildman–Crippen MR) is 56.3 cm³/mol. The molecule has 0 saturated carbocycles. The predicted octanol–water partition coefficient (Wildman–Crippen LogP) is 0.665. The van der Waals surface area contributed by atoms with Gasteiger partial charge in [0.25, 0.3) is 0 Å². The normalized spacial score (nSPS) is 20.9. The van der Waals surface area contributed by atoms with Crippen LogP contribution in [0.2, 0.25) is 0 Å². The summed E-state index contributed by atoms with van der Waals surface area (Å²) in [5.41, 5.74) is 0.119. The quantitative estimate of drug-likeness (QED) is 0.710. The maximum atomic E-state index is 4.33. The molecular weight excluding hydrogens is 176 g/mol. The zero-order valence-corrected chi connectivity index (χ0v) is 8.70. The Kier molecular flexibility index (Phi) is 2.37. The minimum atomic E-state index is 0.119. The van der Waals surface area contributed by atoms with Crippen LogP contribution in [0.1, 0.15) is 13.8 Å². The summed E-state index contributed by atoms with van der Waals surface area (Å²) >= 11 is 0. The number of aromatic nitrogens is 2. The lowest BCUT2D eigenvalue weighted by Crippen LogP contribution is -2.58. The van der Waals surface area contributed by atoms with Crippen LogP contribution in [-0.2, 0) is 0 Å². The standard InChI is InChI=1S/C10H16N4/c1-10(2)8-12-5-6-14(10)9-7-11-3-4-13-9/h3-4,7,12H,5-6,8H2,1-2H3. The van der Waals surface area contributed by atoms with Crippen LogP contribution in [0.3, 0.4) is 0 Å². The van der Waals surface area contributed by atoms with Crippen molar-refractivity contribution in [3.63, 3.8) is 0 Å². The van der Waals surface area contributed by atoms with Crippen molar-refractivity contribution in [1.82, 2.24) is 15.3 Å². The zero-order chi connectivity index (χ0) is 10.0. The molecule has 1 aliphatic heterocycles. The van der Waals surface area contributed by atoms with Gasteiger partial charge in [-0.25, -0.2) is 4.98 Å². The van der Waals surface area contributed by atoms with Crippen LogP contribution in [0.5, 0.6) is 0 Å². The number of nitrogens with zero attached hydrogens (tertiary/aromatic N) is 3. The van der Waals surface area contributed by atoms with E-state index in [9.17, 15) is 0 Å². The largest absolute Gasteiger partial charge is 0.348 e. The molecule has 76 valence electrons. The molecule has 1 aromatic heterocycles. The maximum absolute atomic E-state index is 4.33. The topological polar surface area (TPSA) is 41.0 Å². The molecule has 1 aromatic rings. The Balaban J connectivity index is 2.24. The highest BCUT2D eigenvalue weighted by Crippen LogP contribution is 2.21. The van der Waals surface area contributed by atoms with Crippen molar-refractivity contribution in [2.24, 2.45) is 0 Å². The first kappa shape index (κ1) is 9.40. The lowest BCUT2D eigenvalue weighted by atomic mass is 10.0. The minimum Gasteiger partial charge on any atom is -0.348 e. The van der Waals surface area contributed by atoms with Crippen LogP contribution in [0, 0.1) is 0 Å². The van der Waals surface area contributed by atoms with Gasteiger partial charge in [0.15, 0.2) is 0 Å². The van der Waals surface area contributed by atoms with Crippen molar-refractivity contribution < 1.29 is 0 Å². The average Bonchev–Trinajstić information content (AvgIpc) is 2.18. The van der Waals surface area contributed by atoms with Crippen molar-refractivity contribution in [2.75, 3.05) is 24.5 Å². The lowest BCUT2D eigenvalue weighted by Gasteiger charge is -2.43. The fourth-order valence-electron chi connectivity index (χ4n) is 1.84. The van der Waals surface area contributed by atoms with Gasteiger partial charge < -0.3 is 10.2 Å². The van der Waals surface area contributed by atoms with Crippen molar-refractivity contribution >= 4 is 5.82 Å². The molecular formula is C10H16N4. The fourth-order valence-corrected chi connectivity index (χ4v) is 1.84. The molecule has 1 fully saturated rings. The molecule has 0 radical (unpaired) electrons. The Hall–Kier alpha value is -1.16. The number of hydrogen-bond acceptors (Lipinski definition) is 4. The number of hydrogen-bond donors (Lipinski definition) is 1. The smallest absolute Gasteiger partial charge is 0.147 e. The number of piperazine rings is 1. The fraction of sp³-hybridized carbons (Fsp3) is 0.600. The molecule has 0 unspecified atom stereocenters. The Morgan fingerprint density at radius 1 is 1.43 bits per heavy atom. The van der Waals surface area contributed by atoms with E-state index in [4.69, 9.17) is 0 Å². The maximum Gasteiger partial charge on any atom is 0.147 e. The second-order valence-electron chi connectivity index (χ2n) is 4.20. The van der Waals surface area contributed by atoms with E-state index < -0.39 is 0 Å². The van der Waals surface area contributed by atoms with Gasteiger partial charge >= 0.3 is 0 Å². The third-order valence-corrected chi connectivity index (χ3v) is 2.63. The van der Waals surface area contributed by atoms with Gasteiger partial charge in [-0.15, -0.1) is 0 Å². The highest BCUT2D eigenvalue weighted by molar-refractivity contribution is 5.40. The third kappa shape index (κ3) is 1.70. The molecule has 0 amide bonds. The Bertz CT molecular complexity index is 296. The van der Waals surface area contributed by atoms with Crippen molar-refractivity contribution in [3.8, 4) is 0 Å². The highest BCUT2D eigenvalue weighted by Gasteiger charge is 2.30. The SMILES string of the molecule is CC1(C)CNCCN1c1cnccn1. The molecule has 0 aliphatic carbocycles. The van der Waals surface area contributed by atoms with Gasteiger partial charge in [-0.1, -0.05) is 0 Å².